The Morgan fingerprint density at radius 2 is 1.95 bits per heavy atom. The zero-order valence-corrected chi connectivity index (χ0v) is 12.3. The van der Waals surface area contributed by atoms with Crippen LogP contribution in [0.3, 0.4) is 0 Å². The number of alkyl halides is 3. The fraction of sp³-hybridized carbons (Fsp3) is 0.533. The van der Waals surface area contributed by atoms with Crippen LogP contribution in [0, 0.1) is 0 Å². The molecule has 1 aromatic carbocycles. The Bertz CT molecular complexity index is 624. The first-order valence-electron chi connectivity index (χ1n) is 7.10. The number of carbonyl (C=O) groups excluding carboxylic acids is 1. The average Bonchev–Trinajstić information content (AvgIpc) is 2.68. The summed E-state index contributed by atoms with van der Waals surface area (Å²) in [5, 5.41) is 9.35. The quantitative estimate of drug-likeness (QED) is 0.908. The summed E-state index contributed by atoms with van der Waals surface area (Å²) in [4.78, 5) is 15.2. The smallest absolute Gasteiger partial charge is 0.390 e. The van der Waals surface area contributed by atoms with Crippen molar-refractivity contribution < 1.29 is 23.1 Å². The molecule has 1 N–H and O–H groups in total. The molecule has 2 aliphatic heterocycles. The van der Waals surface area contributed by atoms with Gasteiger partial charge in [-0.1, -0.05) is 0 Å². The van der Waals surface area contributed by atoms with Crippen LogP contribution in [-0.4, -0.2) is 47.1 Å². The van der Waals surface area contributed by atoms with Crippen molar-refractivity contribution in [3.05, 3.63) is 34.4 Å². The molecule has 2 heterocycles. The van der Waals surface area contributed by atoms with Crippen LogP contribution in [0.15, 0.2) is 12.1 Å². The summed E-state index contributed by atoms with van der Waals surface area (Å²) in [6, 6.07) is 2.43. The monoisotopic (exact) mass is 314 g/mol. The predicted molar refractivity (Wildman–Crippen MR) is 73.2 cm³/mol. The van der Waals surface area contributed by atoms with E-state index in [4.69, 9.17) is 0 Å². The lowest BCUT2D eigenvalue weighted by atomic mass is 9.94. The second-order valence-corrected chi connectivity index (χ2v) is 6.04. The summed E-state index contributed by atoms with van der Waals surface area (Å²) < 4.78 is 39.9. The minimum absolute atomic E-state index is 0.0138. The highest BCUT2D eigenvalue weighted by molar-refractivity contribution is 5.98. The second-order valence-electron chi connectivity index (χ2n) is 6.04. The van der Waals surface area contributed by atoms with Crippen LogP contribution in [0.2, 0.25) is 0 Å². The fourth-order valence-electron chi connectivity index (χ4n) is 3.08. The number of aliphatic hydroxyl groups is 1. The molecule has 1 fully saturated rings. The van der Waals surface area contributed by atoms with Crippen LogP contribution in [0.5, 0.6) is 0 Å². The zero-order valence-electron chi connectivity index (χ0n) is 12.3. The number of hydrogen-bond acceptors (Lipinski definition) is 3. The first-order valence-corrected chi connectivity index (χ1v) is 7.10. The van der Waals surface area contributed by atoms with Gasteiger partial charge in [-0.2, -0.15) is 13.2 Å². The third kappa shape index (κ3) is 2.38. The van der Waals surface area contributed by atoms with Gasteiger partial charge in [-0.3, -0.25) is 9.69 Å². The Labute approximate surface area is 126 Å². The third-order valence-corrected chi connectivity index (χ3v) is 4.47. The average molecular weight is 314 g/mol. The van der Waals surface area contributed by atoms with Gasteiger partial charge < -0.3 is 10.0 Å². The first-order chi connectivity index (χ1) is 10.2. The number of rotatable bonds is 2. The van der Waals surface area contributed by atoms with Crippen LogP contribution >= 0.6 is 0 Å². The molecule has 4 nitrogen and oxygen atoms in total. The number of β-amino-alcohol motifs (C(OH)–C–C–N with tert-alkyl or cyclic N) is 1. The van der Waals surface area contributed by atoms with Gasteiger partial charge in [0.05, 0.1) is 11.7 Å². The molecule has 7 heteroatoms. The van der Waals surface area contributed by atoms with Crippen LogP contribution in [0.25, 0.3) is 0 Å². The molecule has 0 saturated carbocycles. The van der Waals surface area contributed by atoms with E-state index in [1.165, 1.54) is 11.9 Å². The molecule has 0 bridgehead atoms. The lowest BCUT2D eigenvalue weighted by Crippen LogP contribution is -2.51. The molecule has 0 spiro atoms. The topological polar surface area (TPSA) is 43.8 Å². The van der Waals surface area contributed by atoms with Crippen LogP contribution in [-0.2, 0) is 12.7 Å². The molecular formula is C15H17F3N2O2. The molecule has 1 amide bonds. The Balaban J connectivity index is 2.04. The Morgan fingerprint density at radius 3 is 2.50 bits per heavy atom. The number of likely N-dealkylation sites (tertiary alicyclic amines) is 1. The van der Waals surface area contributed by atoms with E-state index in [1.807, 2.05) is 4.90 Å². The number of amides is 1. The van der Waals surface area contributed by atoms with Gasteiger partial charge >= 0.3 is 6.18 Å². The molecule has 0 aromatic heterocycles. The molecule has 2 aliphatic rings. The van der Waals surface area contributed by atoms with E-state index >= 15 is 0 Å². The lowest BCUT2D eigenvalue weighted by molar-refractivity contribution is -0.138. The standard InChI is InChI=1S/C15H17F3N2O2/c1-8(20-5-10(21)6-20)9-3-11-12(7-19(2)14(11)22)13(4-9)15(16,17)18/h3-4,8,10,21H,5-7H2,1-2H3. The summed E-state index contributed by atoms with van der Waals surface area (Å²) >= 11 is 0. The molecule has 0 aliphatic carbocycles. The van der Waals surface area contributed by atoms with Gasteiger partial charge in [-0.05, 0) is 30.2 Å². The van der Waals surface area contributed by atoms with Gasteiger partial charge in [-0.25, -0.2) is 0 Å². The van der Waals surface area contributed by atoms with Crippen molar-refractivity contribution in [1.29, 1.82) is 0 Å². The summed E-state index contributed by atoms with van der Waals surface area (Å²) in [6.45, 7) is 2.65. The summed E-state index contributed by atoms with van der Waals surface area (Å²) in [5.41, 5.74) is -0.0768. The van der Waals surface area contributed by atoms with Crippen LogP contribution in [0.4, 0.5) is 13.2 Å². The van der Waals surface area contributed by atoms with E-state index in [9.17, 15) is 23.1 Å². The lowest BCUT2D eigenvalue weighted by Gasteiger charge is -2.40. The highest BCUT2D eigenvalue weighted by Gasteiger charge is 2.40. The normalized spacial score (nSPS) is 21.0. The van der Waals surface area contributed by atoms with Crippen molar-refractivity contribution in [1.82, 2.24) is 9.80 Å². The molecule has 1 unspecified atom stereocenters. The van der Waals surface area contributed by atoms with Crippen molar-refractivity contribution in [2.75, 3.05) is 20.1 Å². The molecule has 3 rings (SSSR count). The first kappa shape index (κ1) is 15.3. The molecule has 120 valence electrons. The van der Waals surface area contributed by atoms with Gasteiger partial charge in [0, 0.05) is 38.3 Å². The Hall–Kier alpha value is -1.60. The number of benzene rings is 1. The molecule has 1 saturated heterocycles. The third-order valence-electron chi connectivity index (χ3n) is 4.47. The summed E-state index contributed by atoms with van der Waals surface area (Å²) in [6.07, 6.45) is -4.91. The number of halogens is 3. The van der Waals surface area contributed by atoms with Gasteiger partial charge in [-0.15, -0.1) is 0 Å². The Kier molecular flexibility index (Phi) is 3.45. The number of aliphatic hydroxyl groups excluding tert-OH is 1. The van der Waals surface area contributed by atoms with Crippen molar-refractivity contribution in [2.45, 2.75) is 31.8 Å². The van der Waals surface area contributed by atoms with E-state index in [0.717, 1.165) is 6.07 Å². The Morgan fingerprint density at radius 1 is 1.32 bits per heavy atom. The van der Waals surface area contributed by atoms with E-state index in [0.29, 0.717) is 18.7 Å². The highest BCUT2D eigenvalue weighted by atomic mass is 19.4. The molecule has 22 heavy (non-hydrogen) atoms. The van der Waals surface area contributed by atoms with Gasteiger partial charge in [0.15, 0.2) is 0 Å². The van der Waals surface area contributed by atoms with E-state index < -0.39 is 17.8 Å². The number of hydrogen-bond donors (Lipinski definition) is 1. The number of nitrogens with zero attached hydrogens (tertiary/aromatic N) is 2. The summed E-state index contributed by atoms with van der Waals surface area (Å²) in [5.74, 6) is -0.377. The van der Waals surface area contributed by atoms with Crippen molar-refractivity contribution in [3.8, 4) is 0 Å². The minimum atomic E-state index is -4.49. The number of fused-ring (bicyclic) bond motifs is 1. The van der Waals surface area contributed by atoms with Crippen molar-refractivity contribution >= 4 is 5.91 Å². The molecule has 1 aromatic rings. The molecule has 1 atom stereocenters. The van der Waals surface area contributed by atoms with E-state index in [1.54, 1.807) is 13.0 Å². The van der Waals surface area contributed by atoms with Crippen LogP contribution < -0.4 is 0 Å². The minimum Gasteiger partial charge on any atom is -0.390 e. The van der Waals surface area contributed by atoms with Crippen molar-refractivity contribution in [3.63, 3.8) is 0 Å². The number of carbonyl (C=O) groups is 1. The summed E-state index contributed by atoms with van der Waals surface area (Å²) in [7, 11) is 1.50. The molecule has 0 radical (unpaired) electrons. The highest BCUT2D eigenvalue weighted by Crippen LogP contribution is 2.39. The fourth-order valence-corrected chi connectivity index (χ4v) is 3.08. The van der Waals surface area contributed by atoms with E-state index in [2.05, 4.69) is 0 Å². The zero-order chi connectivity index (χ0) is 16.2. The maximum absolute atomic E-state index is 13.3. The predicted octanol–water partition coefficient (Wildman–Crippen LogP) is 2.03. The van der Waals surface area contributed by atoms with Gasteiger partial charge in [0.25, 0.3) is 5.91 Å². The van der Waals surface area contributed by atoms with Crippen molar-refractivity contribution in [2.24, 2.45) is 0 Å². The largest absolute Gasteiger partial charge is 0.416 e. The van der Waals surface area contributed by atoms with Crippen LogP contribution in [0.1, 0.15) is 40.0 Å². The van der Waals surface area contributed by atoms with Gasteiger partial charge in [0.2, 0.25) is 0 Å². The molecular weight excluding hydrogens is 297 g/mol. The SMILES string of the molecule is CC(c1cc2c(c(C(F)(F)F)c1)CN(C)C2=O)N1CC(O)C1. The van der Waals surface area contributed by atoms with E-state index in [-0.39, 0.29) is 29.6 Å². The van der Waals surface area contributed by atoms with Gasteiger partial charge in [0.1, 0.15) is 0 Å². The second kappa shape index (κ2) is 4.96. The maximum atomic E-state index is 13.3. The maximum Gasteiger partial charge on any atom is 0.416 e.